The van der Waals surface area contributed by atoms with E-state index in [-0.39, 0.29) is 0 Å². The van der Waals surface area contributed by atoms with E-state index < -0.39 is 0 Å². The van der Waals surface area contributed by atoms with E-state index in [0.29, 0.717) is 10.0 Å². The molecule has 23 heavy (non-hydrogen) atoms. The maximum Gasteiger partial charge on any atom is 0.177 e. The second-order valence-electron chi connectivity index (χ2n) is 6.09. The Morgan fingerprint density at radius 2 is 1.87 bits per heavy atom. The number of H-pyrrole nitrogens is 1. The Hall–Kier alpha value is -0.490. The lowest BCUT2D eigenvalue weighted by molar-refractivity contribution is 0.282. The van der Waals surface area contributed by atoms with Crippen molar-refractivity contribution in [3.05, 3.63) is 21.9 Å². The highest BCUT2D eigenvalue weighted by Gasteiger charge is 2.20. The molecule has 0 aliphatic carbocycles. The number of nitrogens with zero attached hydrogens (tertiary/aromatic N) is 2. The number of likely N-dealkylation sites (tertiary alicyclic amines) is 1. The number of fused-ring (bicyclic) bond motifs is 1. The zero-order valence-electron chi connectivity index (χ0n) is 14.4. The number of nitrogens with one attached hydrogen (secondary N) is 1. The number of thioether (sulfide) groups is 1. The Bertz CT molecular complexity index is 700. The number of halogens is 1. The first-order valence-electron chi connectivity index (χ1n) is 8.20. The molecule has 0 saturated carbocycles. The number of hydrogen-bond acceptors (Lipinski definition) is 3. The van der Waals surface area contributed by atoms with Crippen LogP contribution in [0.5, 0.6) is 0 Å². The van der Waals surface area contributed by atoms with Crippen molar-refractivity contribution in [1.29, 1.82) is 0 Å². The Kier molecular flexibility index (Phi) is 7.01. The van der Waals surface area contributed by atoms with Crippen molar-refractivity contribution in [2.45, 2.75) is 43.3 Å². The van der Waals surface area contributed by atoms with Gasteiger partial charge in [-0.05, 0) is 57.3 Å². The molecule has 1 aromatic carbocycles. The van der Waals surface area contributed by atoms with Crippen LogP contribution in [-0.4, -0.2) is 39.8 Å². The monoisotopic (exact) mass is 371 g/mol. The van der Waals surface area contributed by atoms with Crippen molar-refractivity contribution >= 4 is 46.6 Å². The first-order chi connectivity index (χ1) is 11.0. The third-order valence-corrected chi connectivity index (χ3v) is 6.19. The van der Waals surface area contributed by atoms with Crippen LogP contribution in [0.3, 0.4) is 0 Å². The van der Waals surface area contributed by atoms with Crippen molar-refractivity contribution in [2.75, 3.05) is 20.1 Å². The standard InChI is InChI=1S/C14H18ClN3S2.C3H8/c1-17-7-5-9(6-8-17)20-11-4-3-10-13(12(11)15)18(2)14(19)16-10;1-3-2/h3-4,9H,5-8H2,1-2H3,(H,16,19);3H2,1-2H3. The summed E-state index contributed by atoms with van der Waals surface area (Å²) >= 11 is 13.8. The fourth-order valence-electron chi connectivity index (χ4n) is 2.65. The zero-order chi connectivity index (χ0) is 17.0. The van der Waals surface area contributed by atoms with Gasteiger partial charge >= 0.3 is 0 Å². The molecule has 6 heteroatoms. The maximum absolute atomic E-state index is 6.59. The van der Waals surface area contributed by atoms with Crippen LogP contribution >= 0.6 is 35.6 Å². The molecule has 0 unspecified atom stereocenters. The number of aromatic nitrogens is 2. The molecule has 1 aliphatic rings. The topological polar surface area (TPSA) is 24.0 Å². The molecule has 128 valence electrons. The summed E-state index contributed by atoms with van der Waals surface area (Å²) in [5.41, 5.74) is 2.02. The summed E-state index contributed by atoms with van der Waals surface area (Å²) in [6.45, 7) is 6.59. The van der Waals surface area contributed by atoms with Crippen LogP contribution in [0.15, 0.2) is 17.0 Å². The third kappa shape index (κ3) is 4.53. The highest BCUT2D eigenvalue weighted by Crippen LogP contribution is 2.38. The predicted octanol–water partition coefficient (Wildman–Crippen LogP) is 5.49. The van der Waals surface area contributed by atoms with Gasteiger partial charge in [0.25, 0.3) is 0 Å². The number of aryl methyl sites for hydroxylation is 1. The molecule has 1 saturated heterocycles. The molecule has 0 radical (unpaired) electrons. The fourth-order valence-corrected chi connectivity index (χ4v) is 4.43. The predicted molar refractivity (Wildman–Crippen MR) is 105 cm³/mol. The Labute approximate surface area is 153 Å². The molecule has 0 bridgehead atoms. The van der Waals surface area contributed by atoms with Crippen molar-refractivity contribution in [2.24, 2.45) is 7.05 Å². The molecule has 3 rings (SSSR count). The van der Waals surface area contributed by atoms with Crippen molar-refractivity contribution < 1.29 is 0 Å². The van der Waals surface area contributed by atoms with Crippen LogP contribution in [0.25, 0.3) is 11.0 Å². The number of rotatable bonds is 2. The van der Waals surface area contributed by atoms with Crippen LogP contribution in [0.4, 0.5) is 0 Å². The van der Waals surface area contributed by atoms with Crippen LogP contribution < -0.4 is 0 Å². The van der Waals surface area contributed by atoms with Gasteiger partial charge < -0.3 is 14.5 Å². The van der Waals surface area contributed by atoms with Gasteiger partial charge in [-0.1, -0.05) is 31.9 Å². The van der Waals surface area contributed by atoms with Crippen LogP contribution in [0.1, 0.15) is 33.1 Å². The minimum atomic E-state index is 0.661. The molecule has 0 amide bonds. The summed E-state index contributed by atoms with van der Waals surface area (Å²) < 4.78 is 2.66. The van der Waals surface area contributed by atoms with Gasteiger partial charge in [0.05, 0.1) is 16.1 Å². The Balaban J connectivity index is 0.000000595. The molecule has 2 heterocycles. The summed E-state index contributed by atoms with van der Waals surface area (Å²) in [5, 5.41) is 1.48. The third-order valence-electron chi connectivity index (χ3n) is 3.92. The van der Waals surface area contributed by atoms with Crippen LogP contribution in [0.2, 0.25) is 5.02 Å². The SMILES string of the molecule is CCC.CN1CCC(Sc2ccc3[nH]c(=S)n(C)c3c2Cl)CC1. The number of imidazole rings is 1. The molecule has 1 aromatic heterocycles. The average molecular weight is 372 g/mol. The van der Waals surface area contributed by atoms with Gasteiger partial charge in [-0.15, -0.1) is 11.8 Å². The number of hydrogen-bond donors (Lipinski definition) is 1. The van der Waals surface area contributed by atoms with Crippen LogP contribution in [-0.2, 0) is 7.05 Å². The molecule has 1 fully saturated rings. The zero-order valence-corrected chi connectivity index (χ0v) is 16.7. The number of aromatic amines is 1. The molecule has 1 N–H and O–H groups in total. The van der Waals surface area contributed by atoms with Gasteiger partial charge in [-0.2, -0.15) is 0 Å². The largest absolute Gasteiger partial charge is 0.331 e. The summed E-state index contributed by atoms with van der Waals surface area (Å²) in [6.07, 6.45) is 3.70. The fraction of sp³-hybridized carbons (Fsp3) is 0.588. The molecular weight excluding hydrogens is 346 g/mol. The highest BCUT2D eigenvalue weighted by atomic mass is 35.5. The van der Waals surface area contributed by atoms with Gasteiger partial charge in [0, 0.05) is 17.2 Å². The normalized spacial score (nSPS) is 16.4. The first kappa shape index (κ1) is 18.8. The lowest BCUT2D eigenvalue weighted by atomic mass is 10.1. The summed E-state index contributed by atoms with van der Waals surface area (Å²) in [6, 6.07) is 4.19. The van der Waals surface area contributed by atoms with Crippen molar-refractivity contribution in [3.8, 4) is 0 Å². The Morgan fingerprint density at radius 3 is 2.48 bits per heavy atom. The summed E-state index contributed by atoms with van der Waals surface area (Å²) in [5.74, 6) is 0. The van der Waals surface area contributed by atoms with Gasteiger partial charge in [0.1, 0.15) is 0 Å². The Morgan fingerprint density at radius 1 is 1.26 bits per heavy atom. The molecule has 0 atom stereocenters. The second-order valence-corrected chi connectivity index (χ2v) is 8.20. The van der Waals surface area contributed by atoms with Gasteiger partial charge in [0.2, 0.25) is 0 Å². The first-order valence-corrected chi connectivity index (χ1v) is 9.86. The maximum atomic E-state index is 6.59. The van der Waals surface area contributed by atoms with Crippen LogP contribution in [0, 0.1) is 4.77 Å². The lowest BCUT2D eigenvalue weighted by Crippen LogP contribution is -2.31. The summed E-state index contributed by atoms with van der Waals surface area (Å²) in [7, 11) is 4.14. The lowest BCUT2D eigenvalue weighted by Gasteiger charge is -2.28. The minimum absolute atomic E-state index is 0.661. The van der Waals surface area contributed by atoms with Gasteiger partial charge in [-0.3, -0.25) is 0 Å². The second kappa shape index (κ2) is 8.56. The molecule has 1 aliphatic heterocycles. The van der Waals surface area contributed by atoms with Crippen molar-refractivity contribution in [1.82, 2.24) is 14.5 Å². The molecule has 2 aromatic rings. The molecular formula is C17H26ClN3S2. The van der Waals surface area contributed by atoms with E-state index in [1.165, 1.54) is 37.2 Å². The smallest absolute Gasteiger partial charge is 0.177 e. The van der Waals surface area contributed by atoms with Gasteiger partial charge in [-0.25, -0.2) is 0 Å². The quantitative estimate of drug-likeness (QED) is 0.706. The van der Waals surface area contributed by atoms with Crippen molar-refractivity contribution in [3.63, 3.8) is 0 Å². The highest BCUT2D eigenvalue weighted by molar-refractivity contribution is 8.00. The van der Waals surface area contributed by atoms with E-state index in [0.717, 1.165) is 16.1 Å². The van der Waals surface area contributed by atoms with E-state index in [4.69, 9.17) is 23.8 Å². The van der Waals surface area contributed by atoms with E-state index in [1.807, 2.05) is 23.4 Å². The minimum Gasteiger partial charge on any atom is -0.331 e. The van der Waals surface area contributed by atoms with Gasteiger partial charge in [0.15, 0.2) is 4.77 Å². The molecule has 3 nitrogen and oxygen atoms in total. The number of benzene rings is 1. The number of piperidine rings is 1. The average Bonchev–Trinajstić information content (AvgIpc) is 2.81. The van der Waals surface area contributed by atoms with E-state index >= 15 is 0 Å². The summed E-state index contributed by atoms with van der Waals surface area (Å²) in [4.78, 5) is 6.73. The van der Waals surface area contributed by atoms with E-state index in [2.05, 4.69) is 42.9 Å². The van der Waals surface area contributed by atoms with E-state index in [1.54, 1.807) is 0 Å². The molecule has 0 spiro atoms. The van der Waals surface area contributed by atoms with E-state index in [9.17, 15) is 0 Å².